The molecule has 1 N–H and O–H groups in total. The van der Waals surface area contributed by atoms with E-state index in [1.165, 1.54) is 5.56 Å². The van der Waals surface area contributed by atoms with Crippen LogP contribution in [0, 0.1) is 0 Å². The first kappa shape index (κ1) is 24.2. The quantitative estimate of drug-likeness (QED) is 0.428. The van der Waals surface area contributed by atoms with Crippen molar-refractivity contribution in [3.05, 3.63) is 88.9 Å². The highest BCUT2D eigenvalue weighted by Gasteiger charge is 2.34. The zero-order chi connectivity index (χ0) is 24.3. The van der Waals surface area contributed by atoms with E-state index in [2.05, 4.69) is 38.2 Å². The fourth-order valence-corrected chi connectivity index (χ4v) is 5.01. The standard InChI is InChI=1S/C27H27ClN2O3S/c1-27(2,3)19-7-11-22(12-8-19)30-25(32)17-34-26(30)18-5-4-6-21(15-18)29-24(31)16-33-23-13-9-20(28)10-14-23/h4-15,26H,16-17H2,1-3H3,(H,29,31). The van der Waals surface area contributed by atoms with Gasteiger partial charge in [-0.2, -0.15) is 0 Å². The van der Waals surface area contributed by atoms with Crippen LogP contribution in [0.2, 0.25) is 5.02 Å². The molecular formula is C27H27ClN2O3S. The molecular weight excluding hydrogens is 468 g/mol. The van der Waals surface area contributed by atoms with E-state index >= 15 is 0 Å². The van der Waals surface area contributed by atoms with Gasteiger partial charge in [0.2, 0.25) is 5.91 Å². The predicted octanol–water partition coefficient (Wildman–Crippen LogP) is 6.43. The van der Waals surface area contributed by atoms with Crippen molar-refractivity contribution < 1.29 is 14.3 Å². The van der Waals surface area contributed by atoms with Gasteiger partial charge in [-0.15, -0.1) is 11.8 Å². The molecule has 4 rings (SSSR count). The zero-order valence-electron chi connectivity index (χ0n) is 19.4. The van der Waals surface area contributed by atoms with Gasteiger partial charge in [0.15, 0.2) is 6.61 Å². The molecule has 1 atom stereocenters. The fourth-order valence-electron chi connectivity index (χ4n) is 3.72. The van der Waals surface area contributed by atoms with Crippen molar-refractivity contribution in [2.24, 2.45) is 0 Å². The minimum Gasteiger partial charge on any atom is -0.484 e. The lowest BCUT2D eigenvalue weighted by Crippen LogP contribution is -2.28. The number of benzene rings is 3. The van der Waals surface area contributed by atoms with Gasteiger partial charge in [0, 0.05) is 16.4 Å². The number of hydrogen-bond donors (Lipinski definition) is 1. The molecule has 0 saturated carbocycles. The molecule has 1 aliphatic rings. The van der Waals surface area contributed by atoms with Crippen LogP contribution in [0.15, 0.2) is 72.8 Å². The number of anilines is 2. The lowest BCUT2D eigenvalue weighted by molar-refractivity contribution is -0.118. The number of nitrogens with one attached hydrogen (secondary N) is 1. The smallest absolute Gasteiger partial charge is 0.262 e. The summed E-state index contributed by atoms with van der Waals surface area (Å²) in [6.07, 6.45) is 0. The van der Waals surface area contributed by atoms with Crippen LogP contribution in [0.5, 0.6) is 5.75 Å². The SMILES string of the molecule is CC(C)(C)c1ccc(N2C(=O)CSC2c2cccc(NC(=O)COc3ccc(Cl)cc3)c2)cc1. The van der Waals surface area contributed by atoms with Crippen LogP contribution >= 0.6 is 23.4 Å². The third kappa shape index (κ3) is 5.75. The highest BCUT2D eigenvalue weighted by molar-refractivity contribution is 8.00. The Bertz CT molecular complexity index is 1170. The fraction of sp³-hybridized carbons (Fsp3) is 0.259. The summed E-state index contributed by atoms with van der Waals surface area (Å²) in [7, 11) is 0. The van der Waals surface area contributed by atoms with E-state index in [0.29, 0.717) is 22.2 Å². The Balaban J connectivity index is 1.45. The minimum atomic E-state index is -0.267. The number of carbonyl (C=O) groups is 2. The maximum atomic E-state index is 12.8. The molecule has 7 heteroatoms. The number of ether oxygens (including phenoxy) is 1. The van der Waals surface area contributed by atoms with Crippen LogP contribution in [-0.2, 0) is 15.0 Å². The average Bonchev–Trinajstić information content (AvgIpc) is 3.20. The lowest BCUT2D eigenvalue weighted by Gasteiger charge is -2.26. The van der Waals surface area contributed by atoms with Crippen LogP contribution in [0.25, 0.3) is 0 Å². The summed E-state index contributed by atoms with van der Waals surface area (Å²) in [4.78, 5) is 27.0. The van der Waals surface area contributed by atoms with Gasteiger partial charge in [0.1, 0.15) is 11.1 Å². The molecule has 0 aliphatic carbocycles. The number of amides is 2. The first-order valence-electron chi connectivity index (χ1n) is 11.0. The van der Waals surface area contributed by atoms with E-state index in [9.17, 15) is 9.59 Å². The second-order valence-corrected chi connectivity index (χ2v) is 10.6. The summed E-state index contributed by atoms with van der Waals surface area (Å²) in [5, 5.41) is 3.32. The maximum absolute atomic E-state index is 12.8. The number of halogens is 1. The van der Waals surface area contributed by atoms with Gasteiger partial charge in [-0.1, -0.05) is 56.6 Å². The van der Waals surface area contributed by atoms with Gasteiger partial charge in [0.25, 0.3) is 5.91 Å². The molecule has 1 fully saturated rings. The molecule has 1 saturated heterocycles. The Labute approximate surface area is 209 Å². The molecule has 1 aliphatic heterocycles. The van der Waals surface area contributed by atoms with Crippen molar-refractivity contribution in [2.45, 2.75) is 31.6 Å². The van der Waals surface area contributed by atoms with E-state index in [-0.39, 0.29) is 29.2 Å². The normalized spacial score (nSPS) is 15.9. The topological polar surface area (TPSA) is 58.6 Å². The summed E-state index contributed by atoms with van der Waals surface area (Å²) < 4.78 is 5.52. The van der Waals surface area contributed by atoms with E-state index in [4.69, 9.17) is 16.3 Å². The molecule has 1 heterocycles. The molecule has 0 spiro atoms. The van der Waals surface area contributed by atoms with Crippen molar-refractivity contribution in [1.82, 2.24) is 0 Å². The van der Waals surface area contributed by atoms with Crippen LogP contribution in [0.3, 0.4) is 0 Å². The van der Waals surface area contributed by atoms with Crippen LogP contribution in [0.4, 0.5) is 11.4 Å². The maximum Gasteiger partial charge on any atom is 0.262 e. The molecule has 0 aromatic heterocycles. The van der Waals surface area contributed by atoms with Crippen molar-refractivity contribution >= 4 is 46.6 Å². The Hall–Kier alpha value is -2.96. The van der Waals surface area contributed by atoms with Gasteiger partial charge in [-0.3, -0.25) is 14.5 Å². The number of carbonyl (C=O) groups excluding carboxylic acids is 2. The Kier molecular flexibility index (Phi) is 7.19. The first-order valence-corrected chi connectivity index (χ1v) is 12.5. The van der Waals surface area contributed by atoms with Crippen LogP contribution in [0.1, 0.15) is 37.3 Å². The highest BCUT2D eigenvalue weighted by Crippen LogP contribution is 2.42. The molecule has 5 nitrogen and oxygen atoms in total. The summed E-state index contributed by atoms with van der Waals surface area (Å²) in [6.45, 7) is 6.39. The van der Waals surface area contributed by atoms with Crippen LogP contribution in [-0.4, -0.2) is 24.2 Å². The molecule has 3 aromatic carbocycles. The third-order valence-electron chi connectivity index (χ3n) is 5.52. The molecule has 1 unspecified atom stereocenters. The molecule has 2 amide bonds. The Morgan fingerprint density at radius 3 is 2.47 bits per heavy atom. The average molecular weight is 495 g/mol. The number of hydrogen-bond acceptors (Lipinski definition) is 4. The van der Waals surface area contributed by atoms with E-state index in [1.807, 2.05) is 41.3 Å². The summed E-state index contributed by atoms with van der Waals surface area (Å²) in [5.74, 6) is 0.792. The van der Waals surface area contributed by atoms with Crippen molar-refractivity contribution in [3.63, 3.8) is 0 Å². The van der Waals surface area contributed by atoms with Gasteiger partial charge >= 0.3 is 0 Å². The summed E-state index contributed by atoms with van der Waals surface area (Å²) in [6, 6.07) is 22.6. The predicted molar refractivity (Wildman–Crippen MR) is 140 cm³/mol. The van der Waals surface area contributed by atoms with Gasteiger partial charge in [-0.25, -0.2) is 0 Å². The number of nitrogens with zero attached hydrogens (tertiary/aromatic N) is 1. The first-order chi connectivity index (χ1) is 16.2. The third-order valence-corrected chi connectivity index (χ3v) is 6.98. The lowest BCUT2D eigenvalue weighted by atomic mass is 9.87. The van der Waals surface area contributed by atoms with Gasteiger partial charge < -0.3 is 10.1 Å². The summed E-state index contributed by atoms with van der Waals surface area (Å²) >= 11 is 7.45. The molecule has 0 radical (unpaired) electrons. The highest BCUT2D eigenvalue weighted by atomic mass is 35.5. The second-order valence-electron chi connectivity index (χ2n) is 9.14. The number of rotatable bonds is 6. The molecule has 176 valence electrons. The van der Waals surface area contributed by atoms with E-state index in [0.717, 1.165) is 11.3 Å². The minimum absolute atomic E-state index is 0.0471. The Morgan fingerprint density at radius 2 is 1.79 bits per heavy atom. The van der Waals surface area contributed by atoms with E-state index in [1.54, 1.807) is 36.0 Å². The van der Waals surface area contributed by atoms with Gasteiger partial charge in [-0.05, 0) is 65.1 Å². The largest absolute Gasteiger partial charge is 0.484 e. The monoisotopic (exact) mass is 494 g/mol. The van der Waals surface area contributed by atoms with Crippen molar-refractivity contribution in [2.75, 3.05) is 22.6 Å². The van der Waals surface area contributed by atoms with Crippen molar-refractivity contribution in [3.8, 4) is 5.75 Å². The second kappa shape index (κ2) is 10.1. The van der Waals surface area contributed by atoms with E-state index < -0.39 is 0 Å². The van der Waals surface area contributed by atoms with Crippen LogP contribution < -0.4 is 15.0 Å². The zero-order valence-corrected chi connectivity index (χ0v) is 21.0. The molecule has 3 aromatic rings. The Morgan fingerprint density at radius 1 is 1.09 bits per heavy atom. The summed E-state index contributed by atoms with van der Waals surface area (Å²) in [5.41, 5.74) is 3.75. The molecule has 0 bridgehead atoms. The number of thioether (sulfide) groups is 1. The van der Waals surface area contributed by atoms with Gasteiger partial charge in [0.05, 0.1) is 5.75 Å². The van der Waals surface area contributed by atoms with Crippen molar-refractivity contribution in [1.29, 1.82) is 0 Å². The molecule has 34 heavy (non-hydrogen) atoms.